The molecule has 2 rings (SSSR count). The van der Waals surface area contributed by atoms with Crippen LogP contribution in [0.5, 0.6) is 0 Å². The van der Waals surface area contributed by atoms with Gasteiger partial charge in [-0.3, -0.25) is 0 Å². The van der Waals surface area contributed by atoms with E-state index in [0.29, 0.717) is 16.7 Å². The molecule has 25 heavy (non-hydrogen) atoms. The molecule has 0 aliphatic carbocycles. The zero-order valence-electron chi connectivity index (χ0n) is 14.8. The molecular weight excluding hydrogens is 338 g/mol. The Kier molecular flexibility index (Phi) is 5.65. The zero-order chi connectivity index (χ0) is 18.8. The van der Waals surface area contributed by atoms with Gasteiger partial charge in [-0.25, -0.2) is 13.1 Å². The van der Waals surface area contributed by atoms with Crippen LogP contribution in [0.15, 0.2) is 41.3 Å². The third kappa shape index (κ3) is 4.27. The molecule has 0 spiro atoms. The third-order valence-corrected chi connectivity index (χ3v) is 6.18. The summed E-state index contributed by atoms with van der Waals surface area (Å²) < 4.78 is 28.1. The van der Waals surface area contributed by atoms with Crippen molar-refractivity contribution in [3.05, 3.63) is 64.2 Å². The van der Waals surface area contributed by atoms with Crippen molar-refractivity contribution in [1.82, 2.24) is 4.72 Å². The Balaban J connectivity index is 2.41. The number of carbonyl (C=O) groups excluding carboxylic acids is 1. The van der Waals surface area contributed by atoms with Gasteiger partial charge in [-0.1, -0.05) is 36.4 Å². The van der Waals surface area contributed by atoms with Crippen molar-refractivity contribution in [1.29, 1.82) is 0 Å². The molecule has 1 atom stereocenters. The Morgan fingerprint density at radius 2 is 1.56 bits per heavy atom. The van der Waals surface area contributed by atoms with E-state index in [1.54, 1.807) is 38.1 Å². The van der Waals surface area contributed by atoms with Gasteiger partial charge in [0, 0.05) is 0 Å². The number of carboxylic acid groups (broad SMARTS) is 1. The van der Waals surface area contributed by atoms with Gasteiger partial charge < -0.3 is 9.90 Å². The van der Waals surface area contributed by atoms with Crippen LogP contribution in [0.1, 0.15) is 27.8 Å². The first-order chi connectivity index (χ1) is 11.6. The lowest BCUT2D eigenvalue weighted by Crippen LogP contribution is -2.49. The Hall–Kier alpha value is -2.18. The maximum absolute atomic E-state index is 12.9. The molecule has 0 aliphatic rings. The summed E-state index contributed by atoms with van der Waals surface area (Å²) in [5, 5.41) is 11.5. The van der Waals surface area contributed by atoms with Crippen LogP contribution in [0.2, 0.25) is 0 Å². The third-order valence-electron chi connectivity index (χ3n) is 4.43. The van der Waals surface area contributed by atoms with E-state index in [-0.39, 0.29) is 11.3 Å². The average molecular weight is 360 g/mol. The number of sulfonamides is 1. The van der Waals surface area contributed by atoms with E-state index in [9.17, 15) is 18.3 Å². The number of benzene rings is 2. The predicted molar refractivity (Wildman–Crippen MR) is 94.7 cm³/mol. The highest BCUT2D eigenvalue weighted by molar-refractivity contribution is 7.89. The highest BCUT2D eigenvalue weighted by atomic mass is 32.2. The Morgan fingerprint density at radius 3 is 2.04 bits per heavy atom. The minimum atomic E-state index is -4.00. The largest absolute Gasteiger partial charge is 0.548 e. The van der Waals surface area contributed by atoms with Gasteiger partial charge in [0.2, 0.25) is 10.0 Å². The first kappa shape index (κ1) is 19.1. The van der Waals surface area contributed by atoms with Crippen molar-refractivity contribution >= 4 is 16.0 Å². The molecule has 0 radical (unpaired) electrons. The SMILES string of the molecule is Cc1cc(C)c(C)c(S(=O)(=O)NC(Cc2ccccc2)C(=O)[O-])c1C. The summed E-state index contributed by atoms with van der Waals surface area (Å²) in [5.41, 5.74) is 3.64. The van der Waals surface area contributed by atoms with Crippen molar-refractivity contribution in [3.63, 3.8) is 0 Å². The van der Waals surface area contributed by atoms with E-state index >= 15 is 0 Å². The van der Waals surface area contributed by atoms with E-state index in [1.165, 1.54) is 0 Å². The quantitative estimate of drug-likeness (QED) is 0.847. The van der Waals surface area contributed by atoms with Crippen molar-refractivity contribution < 1.29 is 18.3 Å². The highest BCUT2D eigenvalue weighted by Gasteiger charge is 2.26. The van der Waals surface area contributed by atoms with Crippen LogP contribution < -0.4 is 9.83 Å². The van der Waals surface area contributed by atoms with Crippen LogP contribution in [-0.2, 0) is 21.2 Å². The number of carboxylic acids is 1. The number of aliphatic carboxylic acids is 1. The van der Waals surface area contributed by atoms with Gasteiger partial charge in [-0.2, -0.15) is 0 Å². The van der Waals surface area contributed by atoms with Crippen molar-refractivity contribution in [2.45, 2.75) is 45.1 Å². The molecule has 2 aromatic carbocycles. The monoisotopic (exact) mass is 360 g/mol. The van der Waals surface area contributed by atoms with E-state index in [0.717, 1.165) is 11.1 Å². The lowest BCUT2D eigenvalue weighted by Gasteiger charge is -2.22. The topological polar surface area (TPSA) is 86.3 Å². The molecule has 0 aromatic heterocycles. The van der Waals surface area contributed by atoms with Crippen LogP contribution in [0.3, 0.4) is 0 Å². The van der Waals surface area contributed by atoms with E-state index < -0.39 is 22.0 Å². The summed E-state index contributed by atoms with van der Waals surface area (Å²) in [6.45, 7) is 7.12. The molecule has 2 aromatic rings. The van der Waals surface area contributed by atoms with Crippen LogP contribution in [-0.4, -0.2) is 20.4 Å². The summed E-state index contributed by atoms with van der Waals surface area (Å²) >= 11 is 0. The van der Waals surface area contributed by atoms with Gasteiger partial charge >= 0.3 is 0 Å². The molecule has 1 N–H and O–H groups in total. The minimum absolute atomic E-state index is 0.0191. The number of hydrogen-bond acceptors (Lipinski definition) is 4. The second kappa shape index (κ2) is 7.37. The molecule has 6 heteroatoms. The number of rotatable bonds is 6. The summed E-state index contributed by atoms with van der Waals surface area (Å²) in [5.74, 6) is -1.45. The molecule has 134 valence electrons. The normalized spacial score (nSPS) is 12.8. The summed E-state index contributed by atoms with van der Waals surface area (Å²) in [6, 6.07) is 9.43. The number of aryl methyl sites for hydroxylation is 2. The second-order valence-electron chi connectivity index (χ2n) is 6.27. The fourth-order valence-electron chi connectivity index (χ4n) is 2.85. The fraction of sp³-hybridized carbons (Fsp3) is 0.316. The van der Waals surface area contributed by atoms with Crippen molar-refractivity contribution in [3.8, 4) is 0 Å². The van der Waals surface area contributed by atoms with Crippen LogP contribution in [0.25, 0.3) is 0 Å². The second-order valence-corrected chi connectivity index (χ2v) is 7.92. The fourth-order valence-corrected chi connectivity index (χ4v) is 4.65. The van der Waals surface area contributed by atoms with Gasteiger partial charge in [0.25, 0.3) is 0 Å². The molecule has 0 amide bonds. The maximum atomic E-state index is 12.9. The smallest absolute Gasteiger partial charge is 0.241 e. The van der Waals surface area contributed by atoms with Gasteiger partial charge in [-0.05, 0) is 61.9 Å². The first-order valence-electron chi connectivity index (χ1n) is 7.98. The Morgan fingerprint density at radius 1 is 1.04 bits per heavy atom. The van der Waals surface area contributed by atoms with Crippen LogP contribution in [0.4, 0.5) is 0 Å². The van der Waals surface area contributed by atoms with E-state index in [1.807, 2.05) is 26.0 Å². The molecule has 0 fully saturated rings. The number of hydrogen-bond donors (Lipinski definition) is 1. The highest BCUT2D eigenvalue weighted by Crippen LogP contribution is 2.26. The Bertz CT molecular complexity index is 863. The lowest BCUT2D eigenvalue weighted by atomic mass is 10.0. The number of carbonyl (C=O) groups is 1. The molecule has 0 aliphatic heterocycles. The lowest BCUT2D eigenvalue weighted by molar-refractivity contribution is -0.307. The zero-order valence-corrected chi connectivity index (χ0v) is 15.6. The van der Waals surface area contributed by atoms with Crippen molar-refractivity contribution in [2.75, 3.05) is 0 Å². The van der Waals surface area contributed by atoms with Gasteiger partial charge in [0.05, 0.1) is 16.9 Å². The molecule has 0 bridgehead atoms. The molecule has 5 nitrogen and oxygen atoms in total. The number of nitrogens with one attached hydrogen (secondary N) is 1. The standard InChI is InChI=1S/C19H23NO4S/c1-12-10-13(2)15(4)18(14(12)3)25(23,24)20-17(19(21)22)11-16-8-6-5-7-9-16/h5-10,17,20H,11H2,1-4H3,(H,21,22)/p-1. The molecular formula is C19H22NO4S-. The Labute approximate surface area is 148 Å². The van der Waals surface area contributed by atoms with Gasteiger partial charge in [-0.15, -0.1) is 0 Å². The molecule has 0 heterocycles. The first-order valence-corrected chi connectivity index (χ1v) is 9.46. The summed E-state index contributed by atoms with van der Waals surface area (Å²) in [7, 11) is -4.00. The average Bonchev–Trinajstić information content (AvgIpc) is 2.53. The predicted octanol–water partition coefficient (Wildman–Crippen LogP) is 1.56. The summed E-state index contributed by atoms with van der Waals surface area (Å²) in [6.07, 6.45) is 0.0191. The van der Waals surface area contributed by atoms with Gasteiger partial charge in [0.15, 0.2) is 0 Å². The van der Waals surface area contributed by atoms with E-state index in [2.05, 4.69) is 4.72 Å². The van der Waals surface area contributed by atoms with E-state index in [4.69, 9.17) is 0 Å². The van der Waals surface area contributed by atoms with Crippen molar-refractivity contribution in [2.24, 2.45) is 0 Å². The van der Waals surface area contributed by atoms with Crippen LogP contribution in [0, 0.1) is 27.7 Å². The van der Waals surface area contributed by atoms with Gasteiger partial charge in [0.1, 0.15) is 0 Å². The maximum Gasteiger partial charge on any atom is 0.241 e. The molecule has 0 saturated carbocycles. The van der Waals surface area contributed by atoms with Crippen LogP contribution >= 0.6 is 0 Å². The molecule has 1 unspecified atom stereocenters. The minimum Gasteiger partial charge on any atom is -0.548 e. The summed E-state index contributed by atoms with van der Waals surface area (Å²) in [4.78, 5) is 11.6. The molecule has 0 saturated heterocycles.